The topological polar surface area (TPSA) is 54.6 Å². The summed E-state index contributed by atoms with van der Waals surface area (Å²) in [6.07, 6.45) is 3.56. The van der Waals surface area contributed by atoms with Crippen molar-refractivity contribution in [3.63, 3.8) is 0 Å². The maximum atomic E-state index is 11.7. The molecule has 0 radical (unpaired) electrons. The van der Waals surface area contributed by atoms with Gasteiger partial charge < -0.3 is 5.11 Å². The lowest BCUT2D eigenvalue weighted by molar-refractivity contribution is 0.417. The molecule has 4 nitrogen and oxygen atoms in total. The third-order valence-electron chi connectivity index (χ3n) is 3.05. The molecule has 0 fully saturated rings. The summed E-state index contributed by atoms with van der Waals surface area (Å²) in [4.78, 5) is 16.4. The van der Waals surface area contributed by atoms with E-state index in [1.54, 1.807) is 6.21 Å². The highest BCUT2D eigenvalue weighted by Gasteiger charge is 2.15. The normalized spacial score (nSPS) is 15.1. The van der Waals surface area contributed by atoms with E-state index in [0.717, 1.165) is 28.2 Å². The molecule has 0 amide bonds. The first-order valence-electron chi connectivity index (χ1n) is 5.98. The molecule has 2 aromatic rings. The van der Waals surface area contributed by atoms with E-state index in [0.29, 0.717) is 11.4 Å². The predicted molar refractivity (Wildman–Crippen MR) is 78.4 cm³/mol. The molecule has 1 aromatic carbocycles. The van der Waals surface area contributed by atoms with Gasteiger partial charge in [-0.1, -0.05) is 29.5 Å². The Bertz CT molecular complexity index is 753. The highest BCUT2D eigenvalue weighted by molar-refractivity contribution is 7.10. The molecule has 1 aliphatic heterocycles. The first-order valence-corrected chi connectivity index (χ1v) is 6.80. The molecule has 0 bridgehead atoms. The van der Waals surface area contributed by atoms with Gasteiger partial charge in [0.1, 0.15) is 0 Å². The Balaban J connectivity index is 2.10. The van der Waals surface area contributed by atoms with Crippen molar-refractivity contribution >= 4 is 34.9 Å². The number of hydrogen-bond donors (Lipinski definition) is 1. The molecule has 0 saturated heterocycles. The molecule has 2 heterocycles. The van der Waals surface area contributed by atoms with Crippen LogP contribution in [-0.2, 0) is 6.54 Å². The zero-order valence-electron chi connectivity index (χ0n) is 10.3. The van der Waals surface area contributed by atoms with Crippen molar-refractivity contribution in [2.75, 3.05) is 0 Å². The van der Waals surface area contributed by atoms with Gasteiger partial charge in [-0.3, -0.25) is 14.4 Å². The van der Waals surface area contributed by atoms with E-state index in [1.807, 2.05) is 37.3 Å². The number of allylic oxidation sites excluding steroid dienone is 1. The van der Waals surface area contributed by atoms with Crippen molar-refractivity contribution < 1.29 is 5.11 Å². The number of thiazole rings is 1. The molecule has 1 N–H and O–H groups in total. The van der Waals surface area contributed by atoms with E-state index in [9.17, 15) is 9.90 Å². The van der Waals surface area contributed by atoms with Gasteiger partial charge in [0.15, 0.2) is 0 Å². The minimum Gasteiger partial charge on any atom is -0.493 e. The molecule has 19 heavy (non-hydrogen) atoms. The molecule has 1 aliphatic rings. The number of aromatic hydroxyl groups is 1. The number of aromatic nitrogens is 1. The Kier molecular flexibility index (Phi) is 2.83. The second-order valence-corrected chi connectivity index (χ2v) is 5.17. The summed E-state index contributed by atoms with van der Waals surface area (Å²) in [5.41, 5.74) is 2.84. The van der Waals surface area contributed by atoms with Crippen LogP contribution in [0.5, 0.6) is 5.88 Å². The molecule has 1 aromatic heterocycles. The van der Waals surface area contributed by atoms with Gasteiger partial charge in [-0.2, -0.15) is 0 Å². The van der Waals surface area contributed by atoms with Crippen LogP contribution in [0.4, 0.5) is 5.69 Å². The standard InChI is InChI=1S/C14H12N2O2S/c1-2-16-13(17)12(19-14(16)18)7-9-8-15-11-6-4-3-5-10(9)11/h3-8,17H,2H2,1H3. The van der Waals surface area contributed by atoms with Crippen LogP contribution in [0.25, 0.3) is 11.6 Å². The van der Waals surface area contributed by atoms with Crippen LogP contribution in [0, 0.1) is 0 Å². The average molecular weight is 272 g/mol. The van der Waals surface area contributed by atoms with Gasteiger partial charge in [-0.05, 0) is 19.1 Å². The summed E-state index contributed by atoms with van der Waals surface area (Å²) in [6, 6.07) is 7.79. The second-order valence-electron chi connectivity index (χ2n) is 4.18. The maximum Gasteiger partial charge on any atom is 0.310 e. The van der Waals surface area contributed by atoms with E-state index in [1.165, 1.54) is 4.57 Å². The van der Waals surface area contributed by atoms with E-state index in [4.69, 9.17) is 0 Å². The van der Waals surface area contributed by atoms with Gasteiger partial charge in [0, 0.05) is 23.9 Å². The third-order valence-corrected chi connectivity index (χ3v) is 3.97. The summed E-state index contributed by atoms with van der Waals surface area (Å²) in [7, 11) is 0. The molecule has 0 unspecified atom stereocenters. The van der Waals surface area contributed by atoms with Crippen LogP contribution >= 0.6 is 11.3 Å². The van der Waals surface area contributed by atoms with Crippen molar-refractivity contribution in [3.8, 4) is 5.88 Å². The van der Waals surface area contributed by atoms with Gasteiger partial charge in [0.25, 0.3) is 0 Å². The van der Waals surface area contributed by atoms with Crippen molar-refractivity contribution in [1.29, 1.82) is 0 Å². The monoisotopic (exact) mass is 272 g/mol. The largest absolute Gasteiger partial charge is 0.493 e. The van der Waals surface area contributed by atoms with Crippen molar-refractivity contribution in [3.05, 3.63) is 44.4 Å². The maximum absolute atomic E-state index is 11.7. The zero-order chi connectivity index (χ0) is 13.4. The van der Waals surface area contributed by atoms with Gasteiger partial charge in [0.05, 0.1) is 10.6 Å². The summed E-state index contributed by atoms with van der Waals surface area (Å²) in [5, 5.41) is 10.0. The van der Waals surface area contributed by atoms with Crippen LogP contribution < -0.4 is 4.87 Å². The van der Waals surface area contributed by atoms with Crippen LogP contribution in [-0.4, -0.2) is 15.9 Å². The summed E-state index contributed by atoms with van der Waals surface area (Å²) < 4.78 is 1.36. The van der Waals surface area contributed by atoms with Gasteiger partial charge in [-0.15, -0.1) is 0 Å². The lowest BCUT2D eigenvalue weighted by Gasteiger charge is -1.99. The predicted octanol–water partition coefficient (Wildman–Crippen LogP) is 2.89. The lowest BCUT2D eigenvalue weighted by Crippen LogP contribution is -2.09. The number of benzene rings is 1. The number of hydrogen-bond acceptors (Lipinski definition) is 4. The molecule has 5 heteroatoms. The average Bonchev–Trinajstić information content (AvgIpc) is 2.93. The van der Waals surface area contributed by atoms with Crippen LogP contribution in [0.1, 0.15) is 17.4 Å². The van der Waals surface area contributed by atoms with Crippen molar-refractivity contribution in [2.24, 2.45) is 4.99 Å². The second kappa shape index (κ2) is 4.51. The van der Waals surface area contributed by atoms with E-state index in [-0.39, 0.29) is 10.8 Å². The first kappa shape index (κ1) is 11.9. The smallest absolute Gasteiger partial charge is 0.310 e. The van der Waals surface area contributed by atoms with Crippen molar-refractivity contribution in [2.45, 2.75) is 13.5 Å². The molecule has 96 valence electrons. The van der Waals surface area contributed by atoms with Gasteiger partial charge in [-0.25, -0.2) is 0 Å². The van der Waals surface area contributed by atoms with Crippen molar-refractivity contribution in [1.82, 2.24) is 4.57 Å². The fraction of sp³-hybridized carbons (Fsp3) is 0.143. The number of nitrogens with zero attached hydrogens (tertiary/aromatic N) is 2. The minimum absolute atomic E-state index is 0.0304. The molecule has 0 aliphatic carbocycles. The molecule has 0 atom stereocenters. The number of rotatable bonds is 2. The molecule has 0 saturated carbocycles. The molecular formula is C14H12N2O2S. The lowest BCUT2D eigenvalue weighted by atomic mass is 10.1. The van der Waals surface area contributed by atoms with Crippen LogP contribution in [0.2, 0.25) is 0 Å². The number of fused-ring (bicyclic) bond motifs is 1. The molecule has 0 spiro atoms. The van der Waals surface area contributed by atoms with Gasteiger partial charge in [0.2, 0.25) is 5.88 Å². The summed E-state index contributed by atoms with van der Waals surface area (Å²) >= 11 is 1.05. The van der Waals surface area contributed by atoms with Crippen LogP contribution in [0.15, 0.2) is 34.1 Å². The Labute approximate surface area is 114 Å². The van der Waals surface area contributed by atoms with Crippen LogP contribution in [0.3, 0.4) is 0 Å². The van der Waals surface area contributed by atoms with E-state index in [2.05, 4.69) is 4.99 Å². The highest BCUT2D eigenvalue weighted by atomic mass is 32.1. The Morgan fingerprint density at radius 2 is 2.21 bits per heavy atom. The number of para-hydroxylation sites is 1. The molecular weight excluding hydrogens is 260 g/mol. The highest BCUT2D eigenvalue weighted by Crippen LogP contribution is 2.34. The number of aliphatic imine (C=N–C) groups is 1. The Hall–Kier alpha value is -2.14. The van der Waals surface area contributed by atoms with E-state index >= 15 is 0 Å². The summed E-state index contributed by atoms with van der Waals surface area (Å²) in [6.45, 7) is 2.30. The Morgan fingerprint density at radius 1 is 1.42 bits per heavy atom. The summed E-state index contributed by atoms with van der Waals surface area (Å²) in [5.74, 6) is 0.0304. The van der Waals surface area contributed by atoms with Gasteiger partial charge >= 0.3 is 4.87 Å². The first-order chi connectivity index (χ1) is 9.20. The zero-order valence-corrected chi connectivity index (χ0v) is 11.1. The fourth-order valence-corrected chi connectivity index (χ4v) is 2.98. The SMILES string of the molecule is CCn1c(O)c(C=C2C=Nc3ccccc32)sc1=O. The quantitative estimate of drug-likeness (QED) is 0.914. The minimum atomic E-state index is -0.143. The van der Waals surface area contributed by atoms with E-state index < -0.39 is 0 Å². The fourth-order valence-electron chi connectivity index (χ4n) is 2.08. The third kappa shape index (κ3) is 1.92. The Morgan fingerprint density at radius 3 is 2.95 bits per heavy atom. The molecule has 3 rings (SSSR count).